The topological polar surface area (TPSA) is 84.7 Å². The highest BCUT2D eigenvalue weighted by Crippen LogP contribution is 2.41. The van der Waals surface area contributed by atoms with E-state index in [0.717, 1.165) is 25.0 Å². The van der Waals surface area contributed by atoms with E-state index in [2.05, 4.69) is 4.98 Å². The van der Waals surface area contributed by atoms with Crippen LogP contribution in [0.25, 0.3) is 10.9 Å². The second kappa shape index (κ2) is 10.2. The van der Waals surface area contributed by atoms with E-state index < -0.39 is 0 Å². The van der Waals surface area contributed by atoms with Crippen molar-refractivity contribution in [3.63, 3.8) is 0 Å². The van der Waals surface area contributed by atoms with Crippen LogP contribution in [0.3, 0.4) is 0 Å². The maximum Gasteiger partial charge on any atom is 0.261 e. The van der Waals surface area contributed by atoms with Crippen molar-refractivity contribution in [2.45, 2.75) is 31.3 Å². The van der Waals surface area contributed by atoms with Crippen LogP contribution in [-0.2, 0) is 7.05 Å². The van der Waals surface area contributed by atoms with Gasteiger partial charge in [-0.05, 0) is 80.3 Å². The third-order valence-corrected chi connectivity index (χ3v) is 8.44. The van der Waals surface area contributed by atoms with E-state index in [-0.39, 0.29) is 22.8 Å². The Hall–Kier alpha value is -3.33. The van der Waals surface area contributed by atoms with Gasteiger partial charge in [-0.1, -0.05) is 11.8 Å². The lowest BCUT2D eigenvalue weighted by Gasteiger charge is -2.39. The molecule has 2 fully saturated rings. The minimum Gasteiger partial charge on any atom is -0.494 e. The van der Waals surface area contributed by atoms with E-state index in [4.69, 9.17) is 4.74 Å². The van der Waals surface area contributed by atoms with Gasteiger partial charge in [0, 0.05) is 44.4 Å². The van der Waals surface area contributed by atoms with Crippen LogP contribution < -0.4 is 10.3 Å². The van der Waals surface area contributed by atoms with Gasteiger partial charge < -0.3 is 14.5 Å². The molecular weight excluding hydrogens is 488 g/mol. The number of likely N-dealkylation sites (tertiary alicyclic amines) is 2. The van der Waals surface area contributed by atoms with E-state index in [1.54, 1.807) is 25.2 Å². The van der Waals surface area contributed by atoms with Crippen molar-refractivity contribution in [3.8, 4) is 5.75 Å². The Balaban J connectivity index is 1.24. The molecule has 8 nitrogen and oxygen atoms in total. The molecule has 3 heterocycles. The number of benzene rings is 2. The van der Waals surface area contributed by atoms with Crippen LogP contribution in [0.2, 0.25) is 0 Å². The van der Waals surface area contributed by atoms with Crippen molar-refractivity contribution in [1.29, 1.82) is 0 Å². The molecule has 2 amide bonds. The number of rotatable bonds is 5. The molecule has 0 aliphatic carbocycles. The summed E-state index contributed by atoms with van der Waals surface area (Å²) in [5.41, 5.74) is 1.71. The van der Waals surface area contributed by atoms with Gasteiger partial charge in [0.15, 0.2) is 5.16 Å². The van der Waals surface area contributed by atoms with Crippen LogP contribution in [0.1, 0.15) is 46.9 Å². The Morgan fingerprint density at radius 2 is 1.59 bits per heavy atom. The highest BCUT2D eigenvalue weighted by atomic mass is 32.2. The van der Waals surface area contributed by atoms with E-state index in [1.807, 2.05) is 47.2 Å². The molecule has 2 aromatic carbocycles. The molecule has 0 bridgehead atoms. The summed E-state index contributed by atoms with van der Waals surface area (Å²) < 4.78 is 7.01. The van der Waals surface area contributed by atoms with Crippen molar-refractivity contribution in [2.75, 3.05) is 39.0 Å². The number of hydrogen-bond donors (Lipinski definition) is 0. The average molecular weight is 521 g/mol. The third kappa shape index (κ3) is 4.84. The molecule has 0 unspecified atom stereocenters. The van der Waals surface area contributed by atoms with Crippen molar-refractivity contribution in [3.05, 3.63) is 63.9 Å². The van der Waals surface area contributed by atoms with Crippen LogP contribution in [-0.4, -0.2) is 70.2 Å². The van der Waals surface area contributed by atoms with E-state index in [1.165, 1.54) is 16.3 Å². The van der Waals surface area contributed by atoms with Gasteiger partial charge in [-0.25, -0.2) is 4.98 Å². The maximum absolute atomic E-state index is 13.4. The zero-order valence-corrected chi connectivity index (χ0v) is 22.3. The summed E-state index contributed by atoms with van der Waals surface area (Å²) in [5, 5.41) is 1.13. The fourth-order valence-electron chi connectivity index (χ4n) is 5.49. The van der Waals surface area contributed by atoms with Crippen LogP contribution in [0.5, 0.6) is 5.75 Å². The average Bonchev–Trinajstić information content (AvgIpc) is 3.34. The van der Waals surface area contributed by atoms with Gasteiger partial charge in [-0.3, -0.25) is 19.0 Å². The Kier molecular flexibility index (Phi) is 6.98. The van der Waals surface area contributed by atoms with Crippen LogP contribution in [0.15, 0.2) is 52.4 Å². The van der Waals surface area contributed by atoms with Gasteiger partial charge in [0.1, 0.15) is 5.75 Å². The van der Waals surface area contributed by atoms with Crippen LogP contribution >= 0.6 is 11.8 Å². The Bertz CT molecular complexity index is 1390. The molecule has 1 spiro atoms. The maximum atomic E-state index is 13.4. The highest BCUT2D eigenvalue weighted by Gasteiger charge is 2.43. The molecule has 0 saturated carbocycles. The number of nitrogens with zero attached hydrogens (tertiary/aromatic N) is 4. The number of fused-ring (bicyclic) bond motifs is 1. The standard InChI is InChI=1S/C28H32N4O4S/c1-4-36-21-8-5-19(6-9-21)24(33)31-14-11-28(12-15-31)13-16-32(18-28)25(34)20-7-10-22-23(17-20)29-27(37-3)30(2)26(22)35/h5-10,17H,4,11-16,18H2,1-3H3. The molecule has 0 atom stereocenters. The van der Waals surface area contributed by atoms with E-state index in [9.17, 15) is 14.4 Å². The first kappa shape index (κ1) is 25.3. The monoisotopic (exact) mass is 520 g/mol. The minimum atomic E-state index is -0.111. The van der Waals surface area contributed by atoms with Crippen molar-refractivity contribution in [1.82, 2.24) is 19.4 Å². The van der Waals surface area contributed by atoms with Gasteiger partial charge in [0.25, 0.3) is 17.4 Å². The summed E-state index contributed by atoms with van der Waals surface area (Å²) in [4.78, 5) is 47.5. The molecule has 2 aliphatic rings. The lowest BCUT2D eigenvalue weighted by Crippen LogP contribution is -2.44. The quantitative estimate of drug-likeness (QED) is 0.376. The molecule has 2 saturated heterocycles. The van der Waals surface area contributed by atoms with Crippen molar-refractivity contribution >= 4 is 34.5 Å². The number of ether oxygens (including phenoxy) is 1. The fraction of sp³-hybridized carbons (Fsp3) is 0.429. The summed E-state index contributed by atoms with van der Waals surface area (Å²) in [7, 11) is 1.71. The SMILES string of the molecule is CCOc1ccc(C(=O)N2CCC3(CC2)CCN(C(=O)c2ccc4c(=O)n(C)c(SC)nc4c2)C3)cc1. The zero-order chi connectivity index (χ0) is 26.2. The molecule has 3 aromatic rings. The number of hydrogen-bond acceptors (Lipinski definition) is 6. The molecule has 0 N–H and O–H groups in total. The van der Waals surface area contributed by atoms with Crippen molar-refractivity contribution in [2.24, 2.45) is 12.5 Å². The molecule has 37 heavy (non-hydrogen) atoms. The lowest BCUT2D eigenvalue weighted by atomic mass is 9.77. The van der Waals surface area contributed by atoms with Gasteiger partial charge in [0.2, 0.25) is 0 Å². The number of piperidine rings is 1. The second-order valence-corrected chi connectivity index (χ2v) is 10.7. The molecule has 194 valence electrons. The predicted octanol–water partition coefficient (Wildman–Crippen LogP) is 3.82. The number of thioether (sulfide) groups is 1. The summed E-state index contributed by atoms with van der Waals surface area (Å²) in [6.45, 7) is 5.30. The molecular formula is C28H32N4O4S. The van der Waals surface area contributed by atoms with Gasteiger partial charge >= 0.3 is 0 Å². The lowest BCUT2D eigenvalue weighted by molar-refractivity contribution is 0.0565. The Morgan fingerprint density at radius 3 is 2.24 bits per heavy atom. The van der Waals surface area contributed by atoms with Gasteiger partial charge in [-0.2, -0.15) is 0 Å². The molecule has 1 aromatic heterocycles. The molecule has 5 rings (SSSR count). The van der Waals surface area contributed by atoms with Crippen LogP contribution in [0, 0.1) is 5.41 Å². The fourth-order valence-corrected chi connectivity index (χ4v) is 6.04. The Labute approximate surface area is 220 Å². The van der Waals surface area contributed by atoms with Crippen LogP contribution in [0.4, 0.5) is 0 Å². The van der Waals surface area contributed by atoms with Crippen molar-refractivity contribution < 1.29 is 14.3 Å². The minimum absolute atomic E-state index is 0.0279. The van der Waals surface area contributed by atoms with Gasteiger partial charge in [0.05, 0.1) is 17.5 Å². The molecule has 0 radical (unpaired) electrons. The predicted molar refractivity (Wildman–Crippen MR) is 144 cm³/mol. The number of carbonyl (C=O) groups excluding carboxylic acids is 2. The smallest absolute Gasteiger partial charge is 0.261 e. The third-order valence-electron chi connectivity index (χ3n) is 7.71. The first-order chi connectivity index (χ1) is 17.8. The van der Waals surface area contributed by atoms with E-state index in [0.29, 0.717) is 60.0 Å². The summed E-state index contributed by atoms with van der Waals surface area (Å²) in [6, 6.07) is 12.5. The zero-order valence-electron chi connectivity index (χ0n) is 21.5. The van der Waals surface area contributed by atoms with E-state index >= 15 is 0 Å². The summed E-state index contributed by atoms with van der Waals surface area (Å²) in [5.74, 6) is 0.782. The number of aromatic nitrogens is 2. The first-order valence-corrected chi connectivity index (χ1v) is 13.9. The number of carbonyl (C=O) groups is 2. The molecule has 2 aliphatic heterocycles. The number of amides is 2. The summed E-state index contributed by atoms with van der Waals surface area (Å²) in [6.07, 6.45) is 4.58. The molecule has 9 heteroatoms. The van der Waals surface area contributed by atoms with Gasteiger partial charge in [-0.15, -0.1) is 0 Å². The Morgan fingerprint density at radius 1 is 0.973 bits per heavy atom. The largest absolute Gasteiger partial charge is 0.494 e. The first-order valence-electron chi connectivity index (χ1n) is 12.7. The highest BCUT2D eigenvalue weighted by molar-refractivity contribution is 7.98. The summed E-state index contributed by atoms with van der Waals surface area (Å²) >= 11 is 1.40. The second-order valence-electron chi connectivity index (χ2n) is 9.92. The normalized spacial score (nSPS) is 16.9.